The zero-order valence-corrected chi connectivity index (χ0v) is 25.1. The van der Waals surface area contributed by atoms with Gasteiger partial charge in [0.05, 0.1) is 0 Å². The van der Waals surface area contributed by atoms with E-state index < -0.39 is 0 Å². The van der Waals surface area contributed by atoms with Crippen LogP contribution in [0.5, 0.6) is 0 Å². The molecule has 0 saturated carbocycles. The Morgan fingerprint density at radius 3 is 1.94 bits per heavy atom. The second-order valence-electron chi connectivity index (χ2n) is 10.4. The Kier molecular flexibility index (Phi) is 8.22. The number of rotatable bonds is 4. The number of hydrogen-bond donors (Lipinski definition) is 0. The molecule has 0 radical (unpaired) electrons. The van der Waals surface area contributed by atoms with Crippen LogP contribution in [0.1, 0.15) is 72.9 Å². The molecule has 2 nitrogen and oxygen atoms in total. The molecular formula is C32H35AuClN2-. The van der Waals surface area contributed by atoms with Gasteiger partial charge in [0.25, 0.3) is 0 Å². The third-order valence-corrected chi connectivity index (χ3v) is 7.08. The topological polar surface area (TPSA) is 6.48 Å². The molecule has 3 aromatic rings. The number of para-hydroxylation sites is 2. The normalized spacial score (nSPS) is 14.1. The number of anilines is 2. The molecule has 0 N–H and O–H groups in total. The van der Waals surface area contributed by atoms with Crippen molar-refractivity contribution in [3.05, 3.63) is 107 Å². The van der Waals surface area contributed by atoms with Gasteiger partial charge in [0.2, 0.25) is 0 Å². The second-order valence-corrected chi connectivity index (χ2v) is 10.4. The summed E-state index contributed by atoms with van der Waals surface area (Å²) in [6.45, 7) is 18.1. The van der Waals surface area contributed by atoms with E-state index in [9.17, 15) is 0 Å². The first-order chi connectivity index (χ1) is 17.3. The fraction of sp³-hybridized carbons (Fsp3) is 0.281. The molecule has 2 aliphatic rings. The van der Waals surface area contributed by atoms with Crippen LogP contribution >= 0.6 is 9.19 Å². The van der Waals surface area contributed by atoms with Crippen LogP contribution in [-0.2, 0) is 20.0 Å². The van der Waals surface area contributed by atoms with Crippen molar-refractivity contribution in [1.82, 2.24) is 0 Å². The van der Waals surface area contributed by atoms with Crippen LogP contribution in [0.4, 0.5) is 11.4 Å². The van der Waals surface area contributed by atoms with Crippen LogP contribution in [0.15, 0.2) is 66.5 Å². The van der Waals surface area contributed by atoms with Crippen molar-refractivity contribution in [2.24, 2.45) is 0 Å². The molecule has 3 aromatic carbocycles. The average molecular weight is 680 g/mol. The van der Waals surface area contributed by atoms with E-state index >= 15 is 0 Å². The summed E-state index contributed by atoms with van der Waals surface area (Å²) in [5, 5.41) is 0. The number of hydrogen-bond acceptors (Lipinski definition) is 2. The summed E-state index contributed by atoms with van der Waals surface area (Å²) in [5.41, 5.74) is 14.4. The van der Waals surface area contributed by atoms with Crippen LogP contribution < -0.4 is 9.80 Å². The predicted octanol–water partition coefficient (Wildman–Crippen LogP) is 9.53. The fourth-order valence-electron chi connectivity index (χ4n) is 5.62. The van der Waals surface area contributed by atoms with E-state index in [0.717, 1.165) is 0 Å². The van der Waals surface area contributed by atoms with Gasteiger partial charge in [-0.15, -0.1) is 6.67 Å². The van der Waals surface area contributed by atoms with Crippen molar-refractivity contribution >= 4 is 26.6 Å². The van der Waals surface area contributed by atoms with E-state index in [1.165, 1.54) is 61.6 Å². The molecule has 0 atom stereocenters. The maximum atomic E-state index is 4.58. The van der Waals surface area contributed by atoms with Crippen LogP contribution in [0, 0.1) is 27.4 Å². The van der Waals surface area contributed by atoms with E-state index in [0.29, 0.717) is 11.8 Å². The molecule has 0 aromatic heterocycles. The van der Waals surface area contributed by atoms with E-state index in [4.69, 9.17) is 0 Å². The van der Waals surface area contributed by atoms with Gasteiger partial charge in [0, 0.05) is 22.6 Å². The van der Waals surface area contributed by atoms with Gasteiger partial charge in [0.1, 0.15) is 0 Å². The van der Waals surface area contributed by atoms with Gasteiger partial charge in [-0.2, -0.15) is 0 Å². The van der Waals surface area contributed by atoms with Crippen molar-refractivity contribution in [1.29, 1.82) is 0 Å². The van der Waals surface area contributed by atoms with Gasteiger partial charge in [-0.05, 0) is 78.3 Å². The van der Waals surface area contributed by atoms with Crippen molar-refractivity contribution < 1.29 is 20.0 Å². The molecule has 5 rings (SSSR count). The van der Waals surface area contributed by atoms with Crippen molar-refractivity contribution in [3.63, 3.8) is 0 Å². The van der Waals surface area contributed by atoms with E-state index in [1.54, 1.807) is 20.0 Å². The molecule has 2 heterocycles. The Labute approximate surface area is 233 Å². The van der Waals surface area contributed by atoms with Gasteiger partial charge in [-0.1, -0.05) is 87.9 Å². The number of benzene rings is 3. The number of allylic oxidation sites excluding steroid dienone is 1. The fourth-order valence-corrected chi connectivity index (χ4v) is 5.62. The molecule has 36 heavy (non-hydrogen) atoms. The molecule has 0 amide bonds. The summed E-state index contributed by atoms with van der Waals surface area (Å²) in [6.07, 6.45) is 6.79. The molecule has 0 aliphatic carbocycles. The number of nitrogens with zero attached hydrogens (tertiary/aromatic N) is 2. The molecule has 2 aliphatic heterocycles. The molecule has 0 saturated heterocycles. The van der Waals surface area contributed by atoms with E-state index in [-0.39, 0.29) is 0 Å². The van der Waals surface area contributed by atoms with Gasteiger partial charge in [-0.3, -0.25) is 0 Å². The first kappa shape index (κ1) is 26.8. The van der Waals surface area contributed by atoms with Crippen molar-refractivity contribution in [2.75, 3.05) is 9.80 Å². The van der Waals surface area contributed by atoms with Crippen molar-refractivity contribution in [2.45, 2.75) is 60.3 Å². The minimum atomic E-state index is 0.453. The SMILES string of the molecule is Cc1cc(C)c(-c2cccc3c2N2[CH-]N(c4c(C(C)C)cccc4C(C)C)C=C2C=C3)c(C)c1.[Cl][Au]. The summed E-state index contributed by atoms with van der Waals surface area (Å²) in [4.78, 5) is 4.73. The summed E-state index contributed by atoms with van der Waals surface area (Å²) in [6, 6.07) is 18.1. The molecule has 0 bridgehead atoms. The molecule has 0 fully saturated rings. The van der Waals surface area contributed by atoms with Gasteiger partial charge in [0.15, 0.2) is 0 Å². The Hall–Kier alpha value is -2.23. The minimum absolute atomic E-state index is 0.453. The summed E-state index contributed by atoms with van der Waals surface area (Å²) in [7, 11) is 4.58. The Morgan fingerprint density at radius 2 is 1.36 bits per heavy atom. The Bertz CT molecular complexity index is 1290. The summed E-state index contributed by atoms with van der Waals surface area (Å²) < 4.78 is 0. The van der Waals surface area contributed by atoms with Crippen LogP contribution in [0.25, 0.3) is 17.2 Å². The maximum absolute atomic E-state index is 4.58. The van der Waals surface area contributed by atoms with Gasteiger partial charge in [-0.25, -0.2) is 0 Å². The molecule has 192 valence electrons. The monoisotopic (exact) mass is 679 g/mol. The third kappa shape index (κ3) is 4.85. The quantitative estimate of drug-likeness (QED) is 0.200. The van der Waals surface area contributed by atoms with Crippen LogP contribution in [0.2, 0.25) is 0 Å². The average Bonchev–Trinajstić information content (AvgIpc) is 3.28. The van der Waals surface area contributed by atoms with Crippen molar-refractivity contribution in [3.8, 4) is 11.1 Å². The molecule has 0 spiro atoms. The van der Waals surface area contributed by atoms with E-state index in [1.807, 2.05) is 0 Å². The molecular weight excluding hydrogens is 645 g/mol. The Balaban J connectivity index is 0.00000148. The Morgan fingerprint density at radius 1 is 0.778 bits per heavy atom. The summed E-state index contributed by atoms with van der Waals surface area (Å²) in [5.74, 6) is 0.906. The standard InChI is InChI=1S/C32H35N2.Au.ClH/c1-20(2)27-11-9-12-28(21(3)4)32(27)33-18-26-15-14-25-10-8-13-29(31(25)34(26)19-33)30-23(6)16-22(5)17-24(30)7;;/h8-21H,1-7H3;;1H/q-1;+1;/p-1. The third-order valence-electron chi connectivity index (χ3n) is 7.08. The number of aryl methyl sites for hydroxylation is 3. The van der Waals surface area contributed by atoms with Gasteiger partial charge < -0.3 is 9.80 Å². The first-order valence-corrected chi connectivity index (χ1v) is 15.2. The van der Waals surface area contributed by atoms with Crippen LogP contribution in [-0.4, -0.2) is 0 Å². The second kappa shape index (κ2) is 11.0. The first-order valence-electron chi connectivity index (χ1n) is 12.5. The molecule has 0 unspecified atom stereocenters. The van der Waals surface area contributed by atoms with Gasteiger partial charge >= 0.3 is 29.2 Å². The van der Waals surface area contributed by atoms with E-state index in [2.05, 4.69) is 141 Å². The van der Waals surface area contributed by atoms with Crippen LogP contribution in [0.3, 0.4) is 0 Å². The zero-order chi connectivity index (χ0) is 26.1. The molecule has 4 heteroatoms. The number of fused-ring (bicyclic) bond motifs is 3. The zero-order valence-electron chi connectivity index (χ0n) is 22.2. The predicted molar refractivity (Wildman–Crippen MR) is 153 cm³/mol. The number of halogens is 1. The summed E-state index contributed by atoms with van der Waals surface area (Å²) >= 11 is 1.75.